The van der Waals surface area contributed by atoms with Gasteiger partial charge in [-0.2, -0.15) is 8.42 Å². The molecule has 0 fully saturated rings. The highest BCUT2D eigenvalue weighted by molar-refractivity contribution is 7.90. The number of aromatic nitrogens is 2. The largest absolute Gasteiger partial charge is 0.438 e. The zero-order valence-electron chi connectivity index (χ0n) is 20.6. The molecule has 0 aliphatic carbocycles. The maximum Gasteiger partial charge on any atom is 0.281 e. The van der Waals surface area contributed by atoms with Crippen LogP contribution >= 0.6 is 0 Å². The molecule has 2 heterocycles. The second-order valence-corrected chi connectivity index (χ2v) is 10.2. The summed E-state index contributed by atoms with van der Waals surface area (Å²) in [5, 5.41) is -0.258. The first kappa shape index (κ1) is 25.1. The molecule has 0 saturated heterocycles. The molecule has 8 heteroatoms. The van der Waals surface area contributed by atoms with Gasteiger partial charge in [-0.1, -0.05) is 55.0 Å². The third-order valence-corrected chi connectivity index (χ3v) is 6.95. The third-order valence-electron chi connectivity index (χ3n) is 5.71. The predicted octanol–water partition coefficient (Wildman–Crippen LogP) is 5.54. The maximum atomic E-state index is 13.2. The quantitative estimate of drug-likeness (QED) is 0.357. The fourth-order valence-electron chi connectivity index (χ4n) is 3.92. The number of amides is 1. The van der Waals surface area contributed by atoms with Gasteiger partial charge in [-0.25, -0.2) is 14.7 Å². The minimum Gasteiger partial charge on any atom is -0.438 e. The van der Waals surface area contributed by atoms with Gasteiger partial charge in [0, 0.05) is 11.8 Å². The number of carbonyl (C=O) groups is 1. The van der Waals surface area contributed by atoms with Crippen molar-refractivity contribution >= 4 is 15.9 Å². The molecule has 2 aromatic heterocycles. The van der Waals surface area contributed by atoms with Crippen LogP contribution < -0.4 is 9.46 Å². The summed E-state index contributed by atoms with van der Waals surface area (Å²) in [6.45, 7) is 7.89. The molecule has 184 valence electrons. The molecule has 0 atom stereocenters. The number of pyridine rings is 2. The SMILES string of the molecule is CCc1ccc(-c2ccc(C(=O)NS(=O)(=O)c3ccccn3)c(Oc3c(C)cc(C)cc3C)n2)cc1. The van der Waals surface area contributed by atoms with Crippen molar-refractivity contribution in [2.45, 2.75) is 39.1 Å². The van der Waals surface area contributed by atoms with Gasteiger partial charge in [-0.3, -0.25) is 4.79 Å². The number of hydrogen-bond donors (Lipinski definition) is 1. The molecule has 0 aliphatic rings. The van der Waals surface area contributed by atoms with Crippen LogP contribution in [-0.4, -0.2) is 24.3 Å². The summed E-state index contributed by atoms with van der Waals surface area (Å²) in [5.74, 6) is -0.289. The van der Waals surface area contributed by atoms with Crippen molar-refractivity contribution < 1.29 is 17.9 Å². The van der Waals surface area contributed by atoms with E-state index >= 15 is 0 Å². The highest BCUT2D eigenvalue weighted by atomic mass is 32.2. The number of nitrogens with zero attached hydrogens (tertiary/aromatic N) is 2. The summed E-state index contributed by atoms with van der Waals surface area (Å²) in [7, 11) is -4.18. The molecule has 1 amide bonds. The first-order valence-electron chi connectivity index (χ1n) is 11.5. The van der Waals surface area contributed by atoms with Crippen LogP contribution in [0.1, 0.15) is 39.5 Å². The minimum atomic E-state index is -4.18. The van der Waals surface area contributed by atoms with E-state index < -0.39 is 15.9 Å². The number of sulfonamides is 1. The van der Waals surface area contributed by atoms with Gasteiger partial charge in [-0.15, -0.1) is 0 Å². The molecule has 4 rings (SSSR count). The lowest BCUT2D eigenvalue weighted by Crippen LogP contribution is -2.31. The van der Waals surface area contributed by atoms with E-state index in [0.717, 1.165) is 28.7 Å². The van der Waals surface area contributed by atoms with Gasteiger partial charge >= 0.3 is 0 Å². The van der Waals surface area contributed by atoms with E-state index in [0.29, 0.717) is 11.4 Å². The van der Waals surface area contributed by atoms with Crippen molar-refractivity contribution in [2.75, 3.05) is 0 Å². The Morgan fingerprint density at radius 1 is 0.944 bits per heavy atom. The highest BCUT2D eigenvalue weighted by Crippen LogP contribution is 2.32. The minimum absolute atomic E-state index is 0.0100. The van der Waals surface area contributed by atoms with Gasteiger partial charge in [0.2, 0.25) is 5.88 Å². The van der Waals surface area contributed by atoms with Crippen LogP contribution in [0.4, 0.5) is 0 Å². The van der Waals surface area contributed by atoms with E-state index in [1.54, 1.807) is 12.1 Å². The van der Waals surface area contributed by atoms with Gasteiger partial charge in [-0.05, 0) is 68.1 Å². The van der Waals surface area contributed by atoms with Gasteiger partial charge in [0.25, 0.3) is 15.9 Å². The number of ether oxygens (including phenoxy) is 1. The molecule has 36 heavy (non-hydrogen) atoms. The molecule has 0 aliphatic heterocycles. The fraction of sp³-hybridized carbons (Fsp3) is 0.179. The number of hydrogen-bond acceptors (Lipinski definition) is 6. The van der Waals surface area contributed by atoms with Crippen LogP contribution in [0.2, 0.25) is 0 Å². The summed E-state index contributed by atoms with van der Waals surface area (Å²) in [6.07, 6.45) is 2.26. The average Bonchev–Trinajstić information content (AvgIpc) is 2.86. The zero-order chi connectivity index (χ0) is 25.9. The lowest BCUT2D eigenvalue weighted by molar-refractivity contribution is 0.0978. The molecule has 0 unspecified atom stereocenters. The van der Waals surface area contributed by atoms with Crippen LogP contribution in [0, 0.1) is 20.8 Å². The Bertz CT molecular complexity index is 1490. The van der Waals surface area contributed by atoms with Gasteiger partial charge in [0.05, 0.1) is 5.69 Å². The van der Waals surface area contributed by atoms with E-state index in [4.69, 9.17) is 4.74 Å². The van der Waals surface area contributed by atoms with Crippen LogP contribution in [-0.2, 0) is 16.4 Å². The third kappa shape index (κ3) is 5.44. The number of nitrogens with one attached hydrogen (secondary N) is 1. The van der Waals surface area contributed by atoms with Gasteiger partial charge in [0.15, 0.2) is 5.03 Å². The van der Waals surface area contributed by atoms with E-state index in [2.05, 4.69) is 21.6 Å². The highest BCUT2D eigenvalue weighted by Gasteiger charge is 2.24. The lowest BCUT2D eigenvalue weighted by Gasteiger charge is -2.16. The van der Waals surface area contributed by atoms with E-state index in [9.17, 15) is 13.2 Å². The Hall–Kier alpha value is -4.04. The van der Waals surface area contributed by atoms with Crippen LogP contribution in [0.5, 0.6) is 11.6 Å². The Balaban J connectivity index is 1.77. The number of benzene rings is 2. The monoisotopic (exact) mass is 501 g/mol. The number of rotatable bonds is 7. The molecule has 0 saturated carbocycles. The van der Waals surface area contributed by atoms with E-state index in [1.165, 1.54) is 30.0 Å². The predicted molar refractivity (Wildman–Crippen MR) is 139 cm³/mol. The number of aryl methyl sites for hydroxylation is 4. The molecule has 4 aromatic rings. The first-order chi connectivity index (χ1) is 17.2. The maximum absolute atomic E-state index is 13.2. The summed E-state index contributed by atoms with van der Waals surface area (Å²) >= 11 is 0. The Morgan fingerprint density at radius 3 is 2.25 bits per heavy atom. The molecule has 1 N–H and O–H groups in total. The van der Waals surface area contributed by atoms with Crippen molar-refractivity contribution in [2.24, 2.45) is 0 Å². The first-order valence-corrected chi connectivity index (χ1v) is 13.0. The van der Waals surface area contributed by atoms with Crippen molar-refractivity contribution in [3.05, 3.63) is 101 Å². The summed E-state index contributed by atoms with van der Waals surface area (Å²) in [6, 6.07) is 19.5. The second kappa shape index (κ2) is 10.3. The second-order valence-electron chi connectivity index (χ2n) is 8.53. The molecular weight excluding hydrogens is 474 g/mol. The summed E-state index contributed by atoms with van der Waals surface area (Å²) in [4.78, 5) is 21.6. The topological polar surface area (TPSA) is 98.2 Å². The molecule has 0 spiro atoms. The average molecular weight is 502 g/mol. The van der Waals surface area contributed by atoms with Crippen molar-refractivity contribution in [3.8, 4) is 22.9 Å². The molecule has 0 radical (unpaired) electrons. The van der Waals surface area contributed by atoms with Gasteiger partial charge < -0.3 is 4.74 Å². The van der Waals surface area contributed by atoms with Gasteiger partial charge in [0.1, 0.15) is 11.3 Å². The zero-order valence-corrected chi connectivity index (χ0v) is 21.4. The van der Waals surface area contributed by atoms with E-state index in [1.807, 2.05) is 57.2 Å². The van der Waals surface area contributed by atoms with Crippen molar-refractivity contribution in [1.82, 2.24) is 14.7 Å². The van der Waals surface area contributed by atoms with E-state index in [-0.39, 0.29) is 16.5 Å². The standard InChI is InChI=1S/C28H27N3O4S/c1-5-21-9-11-22(12-10-21)24-14-13-23(27(32)31-36(33,34)25-8-6-7-15-29-25)28(30-24)35-26-19(3)16-18(2)17-20(26)4/h6-17H,5H2,1-4H3,(H,31,32). The Kier molecular flexibility index (Phi) is 7.17. The molecule has 0 bridgehead atoms. The molecule has 7 nitrogen and oxygen atoms in total. The van der Waals surface area contributed by atoms with Crippen LogP contribution in [0.25, 0.3) is 11.3 Å². The van der Waals surface area contributed by atoms with Crippen LogP contribution in [0.15, 0.2) is 78.0 Å². The summed E-state index contributed by atoms with van der Waals surface area (Å²) < 4.78 is 33.7. The number of carbonyl (C=O) groups excluding carboxylic acids is 1. The Labute approximate surface area is 211 Å². The Morgan fingerprint density at radius 2 is 1.64 bits per heavy atom. The fourth-order valence-corrected chi connectivity index (χ4v) is 4.84. The van der Waals surface area contributed by atoms with Crippen molar-refractivity contribution in [1.29, 1.82) is 0 Å². The lowest BCUT2D eigenvalue weighted by atomic mass is 10.1. The molecule has 2 aromatic carbocycles. The smallest absolute Gasteiger partial charge is 0.281 e. The normalized spacial score (nSPS) is 11.2. The van der Waals surface area contributed by atoms with Crippen LogP contribution in [0.3, 0.4) is 0 Å². The molecular formula is C28H27N3O4S. The summed E-state index contributed by atoms with van der Waals surface area (Å²) in [5.41, 5.74) is 5.45. The van der Waals surface area contributed by atoms with Crippen molar-refractivity contribution in [3.63, 3.8) is 0 Å².